The van der Waals surface area contributed by atoms with Crippen LogP contribution in [0.3, 0.4) is 0 Å². The van der Waals surface area contributed by atoms with E-state index in [0.29, 0.717) is 13.0 Å². The summed E-state index contributed by atoms with van der Waals surface area (Å²) in [4.78, 5) is 22.8. The molecule has 0 unspecified atom stereocenters. The van der Waals surface area contributed by atoms with E-state index in [4.69, 9.17) is 5.11 Å². The second kappa shape index (κ2) is 18.9. The Morgan fingerprint density at radius 3 is 1.85 bits per heavy atom. The molecule has 0 heterocycles. The number of thioether (sulfide) groups is 1. The molecule has 0 saturated heterocycles. The number of carbonyl (C=O) groups excluding carboxylic acids is 1. The highest BCUT2D eigenvalue weighted by Gasteiger charge is 2.18. The molecule has 0 aliphatic heterocycles. The first-order valence-electron chi connectivity index (χ1n) is 10.4. The molecule has 0 aromatic heterocycles. The lowest BCUT2D eigenvalue weighted by atomic mass is 10.1. The van der Waals surface area contributed by atoms with Crippen LogP contribution >= 0.6 is 11.8 Å². The van der Waals surface area contributed by atoms with Gasteiger partial charge in [-0.2, -0.15) is 11.8 Å². The summed E-state index contributed by atoms with van der Waals surface area (Å²) in [6, 6.07) is -1.18. The Balaban J connectivity index is 3.43. The van der Waals surface area contributed by atoms with Gasteiger partial charge in [0.05, 0.1) is 0 Å². The molecule has 0 aromatic carbocycles. The fraction of sp³-hybridized carbons (Fsp3) is 0.900. The van der Waals surface area contributed by atoms with Gasteiger partial charge in [0, 0.05) is 6.54 Å². The molecule has 0 bridgehead atoms. The van der Waals surface area contributed by atoms with Gasteiger partial charge in [-0.1, -0.05) is 77.6 Å². The molecule has 0 rings (SSSR count). The Hall–Kier alpha value is -0.910. The summed E-state index contributed by atoms with van der Waals surface area (Å²) in [5.41, 5.74) is 0. The van der Waals surface area contributed by atoms with E-state index in [1.54, 1.807) is 11.8 Å². The molecule has 0 radical (unpaired) electrons. The molecular weight excluding hydrogens is 348 g/mol. The monoisotopic (exact) mass is 388 g/mol. The predicted molar refractivity (Wildman–Crippen MR) is 112 cm³/mol. The highest BCUT2D eigenvalue weighted by atomic mass is 32.2. The third-order valence-corrected chi connectivity index (χ3v) is 5.17. The fourth-order valence-electron chi connectivity index (χ4n) is 2.87. The maximum Gasteiger partial charge on any atom is 0.326 e. The zero-order valence-electron chi connectivity index (χ0n) is 16.9. The lowest BCUT2D eigenvalue weighted by Gasteiger charge is -2.14. The number of carboxylic acids is 1. The van der Waals surface area contributed by atoms with E-state index in [9.17, 15) is 9.59 Å². The average Bonchev–Trinajstić information content (AvgIpc) is 2.62. The van der Waals surface area contributed by atoms with Gasteiger partial charge in [-0.05, 0) is 24.9 Å². The van der Waals surface area contributed by atoms with Gasteiger partial charge in [-0.3, -0.25) is 0 Å². The molecule has 0 aliphatic rings. The van der Waals surface area contributed by atoms with Gasteiger partial charge >= 0.3 is 12.0 Å². The van der Waals surface area contributed by atoms with Crippen molar-refractivity contribution in [2.45, 2.75) is 96.4 Å². The minimum Gasteiger partial charge on any atom is -0.480 e. The molecule has 3 N–H and O–H groups in total. The number of unbranched alkanes of at least 4 members (excludes halogenated alkanes) is 11. The predicted octanol–water partition coefficient (Wildman–Crippen LogP) is 5.19. The van der Waals surface area contributed by atoms with Crippen LogP contribution in [-0.4, -0.2) is 41.7 Å². The number of hydrogen-bond donors (Lipinski definition) is 3. The van der Waals surface area contributed by atoms with Crippen molar-refractivity contribution in [3.05, 3.63) is 0 Å². The van der Waals surface area contributed by atoms with Gasteiger partial charge < -0.3 is 15.7 Å². The van der Waals surface area contributed by atoms with Crippen LogP contribution in [-0.2, 0) is 4.79 Å². The van der Waals surface area contributed by atoms with Gasteiger partial charge in [0.15, 0.2) is 0 Å². The largest absolute Gasteiger partial charge is 0.480 e. The summed E-state index contributed by atoms with van der Waals surface area (Å²) in [5, 5.41) is 14.4. The van der Waals surface area contributed by atoms with Crippen LogP contribution in [0.1, 0.15) is 90.4 Å². The molecule has 0 aromatic rings. The highest BCUT2D eigenvalue weighted by Crippen LogP contribution is 2.11. The average molecular weight is 389 g/mol. The Morgan fingerprint density at radius 1 is 0.885 bits per heavy atom. The molecule has 26 heavy (non-hydrogen) atoms. The highest BCUT2D eigenvalue weighted by molar-refractivity contribution is 7.98. The molecular formula is C20H40N2O3S. The fourth-order valence-corrected chi connectivity index (χ4v) is 3.34. The topological polar surface area (TPSA) is 78.4 Å². The molecule has 154 valence electrons. The number of urea groups is 1. The standard InChI is InChI=1S/C20H40N2O3S/c1-3-4-5-6-7-8-9-10-11-12-13-14-16-21-20(25)22-18(19(23)24)15-17-26-2/h18H,3-17H2,1-2H3,(H,23,24)(H2,21,22,25)/t18-/m0/s1. The summed E-state index contributed by atoms with van der Waals surface area (Å²) < 4.78 is 0. The SMILES string of the molecule is CCCCCCCCCCCCCCNC(=O)N[C@@H](CCSC)C(=O)O. The van der Waals surface area contributed by atoms with Crippen molar-refractivity contribution < 1.29 is 14.7 Å². The smallest absolute Gasteiger partial charge is 0.326 e. The van der Waals surface area contributed by atoms with Gasteiger partial charge in [0.2, 0.25) is 0 Å². The second-order valence-corrected chi connectivity index (χ2v) is 7.95. The number of amides is 2. The lowest BCUT2D eigenvalue weighted by molar-refractivity contribution is -0.139. The summed E-state index contributed by atoms with van der Waals surface area (Å²) in [6.45, 7) is 2.86. The Kier molecular flexibility index (Phi) is 18.2. The van der Waals surface area contributed by atoms with E-state index in [1.165, 1.54) is 64.2 Å². The molecule has 5 nitrogen and oxygen atoms in total. The maximum atomic E-state index is 11.7. The third kappa shape index (κ3) is 16.6. The maximum absolute atomic E-state index is 11.7. The summed E-state index contributed by atoms with van der Waals surface area (Å²) >= 11 is 1.58. The van der Waals surface area contributed by atoms with Gasteiger partial charge in [-0.25, -0.2) is 9.59 Å². The minimum absolute atomic E-state index is 0.374. The lowest BCUT2D eigenvalue weighted by Crippen LogP contribution is -2.46. The molecule has 0 saturated carbocycles. The summed E-state index contributed by atoms with van der Waals surface area (Å²) in [6.07, 6.45) is 17.8. The summed E-state index contributed by atoms with van der Waals surface area (Å²) in [5.74, 6) is -0.254. The van der Waals surface area contributed by atoms with Gasteiger partial charge in [0.25, 0.3) is 0 Å². The van der Waals surface area contributed by atoms with Gasteiger partial charge in [0.1, 0.15) is 6.04 Å². The zero-order chi connectivity index (χ0) is 19.5. The minimum atomic E-state index is -0.973. The van der Waals surface area contributed by atoms with Crippen LogP contribution in [0.2, 0.25) is 0 Å². The molecule has 0 spiro atoms. The first kappa shape index (κ1) is 25.1. The molecule has 0 fully saturated rings. The number of rotatable bonds is 18. The van der Waals surface area contributed by atoms with Crippen LogP contribution in [0.4, 0.5) is 4.79 Å². The van der Waals surface area contributed by atoms with E-state index >= 15 is 0 Å². The second-order valence-electron chi connectivity index (χ2n) is 6.96. The number of nitrogens with one attached hydrogen (secondary N) is 2. The summed E-state index contributed by atoms with van der Waals surface area (Å²) in [7, 11) is 0. The Bertz CT molecular complexity index is 354. The number of aliphatic carboxylic acids is 1. The molecule has 1 atom stereocenters. The Morgan fingerprint density at radius 2 is 1.38 bits per heavy atom. The first-order chi connectivity index (χ1) is 12.6. The van der Waals surface area contributed by atoms with Gasteiger partial charge in [-0.15, -0.1) is 0 Å². The number of carbonyl (C=O) groups is 2. The van der Waals surface area contributed by atoms with Crippen molar-refractivity contribution in [3.63, 3.8) is 0 Å². The first-order valence-corrected chi connectivity index (χ1v) is 11.8. The van der Waals surface area contributed by atoms with Crippen molar-refractivity contribution in [3.8, 4) is 0 Å². The van der Waals surface area contributed by atoms with Crippen LogP contribution in [0.25, 0.3) is 0 Å². The van der Waals surface area contributed by atoms with Crippen LogP contribution in [0.5, 0.6) is 0 Å². The third-order valence-electron chi connectivity index (χ3n) is 4.53. The Labute approximate surface area is 164 Å². The van der Waals surface area contributed by atoms with Crippen LogP contribution in [0.15, 0.2) is 0 Å². The van der Waals surface area contributed by atoms with Crippen LogP contribution in [0, 0.1) is 0 Å². The van der Waals surface area contributed by atoms with Crippen molar-refractivity contribution in [2.75, 3.05) is 18.6 Å². The molecule has 6 heteroatoms. The molecule has 2 amide bonds. The number of hydrogen-bond acceptors (Lipinski definition) is 3. The van der Waals surface area contributed by atoms with E-state index in [1.807, 2.05) is 6.26 Å². The zero-order valence-corrected chi connectivity index (χ0v) is 17.7. The van der Waals surface area contributed by atoms with Crippen molar-refractivity contribution >= 4 is 23.8 Å². The number of carboxylic acid groups (broad SMARTS) is 1. The van der Waals surface area contributed by atoms with E-state index in [0.717, 1.165) is 18.6 Å². The quantitative estimate of drug-likeness (QED) is 0.282. The van der Waals surface area contributed by atoms with Crippen molar-refractivity contribution in [1.29, 1.82) is 0 Å². The van der Waals surface area contributed by atoms with Crippen LogP contribution < -0.4 is 10.6 Å². The normalized spacial score (nSPS) is 11.9. The van der Waals surface area contributed by atoms with Crippen molar-refractivity contribution in [2.24, 2.45) is 0 Å². The molecule has 0 aliphatic carbocycles. The van der Waals surface area contributed by atoms with E-state index in [-0.39, 0.29) is 6.03 Å². The van der Waals surface area contributed by atoms with E-state index < -0.39 is 12.0 Å². The van der Waals surface area contributed by atoms with E-state index in [2.05, 4.69) is 17.6 Å². The van der Waals surface area contributed by atoms with Crippen molar-refractivity contribution in [1.82, 2.24) is 10.6 Å².